The van der Waals surface area contributed by atoms with E-state index < -0.39 is 0 Å². The molecule has 2 N–H and O–H groups in total. The van der Waals surface area contributed by atoms with Crippen LogP contribution in [0.5, 0.6) is 0 Å². The van der Waals surface area contributed by atoms with Crippen LogP contribution in [0.3, 0.4) is 0 Å². The van der Waals surface area contributed by atoms with Gasteiger partial charge >= 0.3 is 0 Å². The van der Waals surface area contributed by atoms with Crippen LogP contribution in [-0.4, -0.2) is 48.8 Å². The molecule has 3 nitrogen and oxygen atoms in total. The molecule has 1 rings (SSSR count). The van der Waals surface area contributed by atoms with Crippen LogP contribution in [0.1, 0.15) is 33.1 Å². The Labute approximate surface area is 93.9 Å². The van der Waals surface area contributed by atoms with Gasteiger partial charge in [0.05, 0.1) is 6.10 Å². The number of hydrogen-bond acceptors (Lipinski definition) is 3. The van der Waals surface area contributed by atoms with Gasteiger partial charge in [-0.2, -0.15) is 0 Å². The largest absolute Gasteiger partial charge is 0.392 e. The predicted molar refractivity (Wildman–Crippen MR) is 64.0 cm³/mol. The smallest absolute Gasteiger partial charge is 0.0639 e. The fourth-order valence-corrected chi connectivity index (χ4v) is 2.39. The fourth-order valence-electron chi connectivity index (χ4n) is 2.39. The van der Waals surface area contributed by atoms with Crippen molar-refractivity contribution in [3.63, 3.8) is 0 Å². The molecule has 0 radical (unpaired) electrons. The lowest BCUT2D eigenvalue weighted by Crippen LogP contribution is -2.41. The van der Waals surface area contributed by atoms with Crippen LogP contribution in [0.2, 0.25) is 0 Å². The van der Waals surface area contributed by atoms with Gasteiger partial charge in [-0.05, 0) is 51.7 Å². The van der Waals surface area contributed by atoms with Crippen LogP contribution in [0, 0.1) is 5.92 Å². The maximum Gasteiger partial charge on any atom is 0.0639 e. The second-order valence-corrected chi connectivity index (χ2v) is 4.82. The maximum absolute atomic E-state index is 9.42. The van der Waals surface area contributed by atoms with E-state index in [0.29, 0.717) is 0 Å². The van der Waals surface area contributed by atoms with Gasteiger partial charge in [0, 0.05) is 13.1 Å². The number of nitrogens with one attached hydrogen (secondary N) is 1. The zero-order valence-electron chi connectivity index (χ0n) is 10.2. The van der Waals surface area contributed by atoms with Crippen LogP contribution in [0.15, 0.2) is 0 Å². The SMILES string of the molecule is CCCN(CC1CCCNC1)C[C@@H](C)O. The molecule has 1 fully saturated rings. The van der Waals surface area contributed by atoms with E-state index in [0.717, 1.165) is 32.1 Å². The molecule has 0 aromatic heterocycles. The average Bonchev–Trinajstić information content (AvgIpc) is 2.18. The molecule has 1 unspecified atom stereocenters. The third-order valence-electron chi connectivity index (χ3n) is 2.98. The minimum absolute atomic E-state index is 0.201. The highest BCUT2D eigenvalue weighted by Crippen LogP contribution is 2.12. The molecule has 0 aromatic rings. The maximum atomic E-state index is 9.42. The third-order valence-corrected chi connectivity index (χ3v) is 2.98. The summed E-state index contributed by atoms with van der Waals surface area (Å²) in [5, 5.41) is 12.9. The molecule has 1 aliphatic rings. The highest BCUT2D eigenvalue weighted by molar-refractivity contribution is 4.73. The second-order valence-electron chi connectivity index (χ2n) is 4.82. The molecule has 0 aliphatic carbocycles. The van der Waals surface area contributed by atoms with Gasteiger partial charge in [0.2, 0.25) is 0 Å². The molecular weight excluding hydrogens is 188 g/mol. The second kappa shape index (κ2) is 7.20. The molecule has 2 atom stereocenters. The molecule has 0 bridgehead atoms. The number of aliphatic hydroxyl groups is 1. The summed E-state index contributed by atoms with van der Waals surface area (Å²) < 4.78 is 0. The van der Waals surface area contributed by atoms with E-state index >= 15 is 0 Å². The minimum atomic E-state index is -0.201. The van der Waals surface area contributed by atoms with Gasteiger partial charge < -0.3 is 15.3 Å². The summed E-state index contributed by atoms with van der Waals surface area (Å²) >= 11 is 0. The van der Waals surface area contributed by atoms with E-state index in [-0.39, 0.29) is 6.10 Å². The third kappa shape index (κ3) is 5.50. The average molecular weight is 214 g/mol. The zero-order valence-corrected chi connectivity index (χ0v) is 10.2. The van der Waals surface area contributed by atoms with Crippen LogP contribution in [0.25, 0.3) is 0 Å². The number of hydrogen-bond donors (Lipinski definition) is 2. The normalized spacial score (nSPS) is 24.4. The number of aliphatic hydroxyl groups excluding tert-OH is 1. The summed E-state index contributed by atoms with van der Waals surface area (Å²) in [6, 6.07) is 0. The van der Waals surface area contributed by atoms with Crippen LogP contribution in [0.4, 0.5) is 0 Å². The molecule has 0 spiro atoms. The van der Waals surface area contributed by atoms with Crippen molar-refractivity contribution in [3.8, 4) is 0 Å². The van der Waals surface area contributed by atoms with Crippen molar-refractivity contribution >= 4 is 0 Å². The van der Waals surface area contributed by atoms with Crippen molar-refractivity contribution in [1.29, 1.82) is 0 Å². The van der Waals surface area contributed by atoms with Crippen LogP contribution in [-0.2, 0) is 0 Å². The van der Waals surface area contributed by atoms with Crippen molar-refractivity contribution in [2.24, 2.45) is 5.92 Å². The van der Waals surface area contributed by atoms with Gasteiger partial charge in [-0.3, -0.25) is 0 Å². The quantitative estimate of drug-likeness (QED) is 0.694. The van der Waals surface area contributed by atoms with Crippen LogP contribution < -0.4 is 5.32 Å². The standard InChI is InChI=1S/C12H26N2O/c1-3-7-14(9-11(2)15)10-12-5-4-6-13-8-12/h11-13,15H,3-10H2,1-2H3/t11-,12?/m1/s1. The summed E-state index contributed by atoms with van der Waals surface area (Å²) in [5.74, 6) is 0.782. The summed E-state index contributed by atoms with van der Waals surface area (Å²) in [7, 11) is 0. The zero-order chi connectivity index (χ0) is 11.1. The van der Waals surface area contributed by atoms with E-state index in [9.17, 15) is 5.11 Å². The summed E-state index contributed by atoms with van der Waals surface area (Å²) in [6.07, 6.45) is 3.62. The Bertz CT molecular complexity index is 156. The first kappa shape index (κ1) is 12.9. The lowest BCUT2D eigenvalue weighted by atomic mass is 9.99. The first-order valence-corrected chi connectivity index (χ1v) is 6.33. The highest BCUT2D eigenvalue weighted by atomic mass is 16.3. The lowest BCUT2D eigenvalue weighted by Gasteiger charge is -2.30. The molecule has 0 amide bonds. The van der Waals surface area contributed by atoms with Gasteiger partial charge in [-0.1, -0.05) is 6.92 Å². The van der Waals surface area contributed by atoms with Gasteiger partial charge in [0.1, 0.15) is 0 Å². The number of rotatable bonds is 6. The van der Waals surface area contributed by atoms with E-state index in [1.54, 1.807) is 0 Å². The molecule has 3 heteroatoms. The fraction of sp³-hybridized carbons (Fsp3) is 1.00. The van der Waals surface area contributed by atoms with Gasteiger partial charge in [0.25, 0.3) is 0 Å². The molecule has 1 saturated heterocycles. The number of piperidine rings is 1. The molecule has 90 valence electrons. The molecule has 0 aromatic carbocycles. The van der Waals surface area contributed by atoms with E-state index in [2.05, 4.69) is 17.1 Å². The molecule has 1 heterocycles. The Balaban J connectivity index is 2.28. The monoisotopic (exact) mass is 214 g/mol. The molecule has 15 heavy (non-hydrogen) atoms. The first-order chi connectivity index (χ1) is 7.22. The van der Waals surface area contributed by atoms with Crippen molar-refractivity contribution in [3.05, 3.63) is 0 Å². The van der Waals surface area contributed by atoms with Crippen molar-refractivity contribution in [1.82, 2.24) is 10.2 Å². The Morgan fingerprint density at radius 2 is 2.33 bits per heavy atom. The van der Waals surface area contributed by atoms with Gasteiger partial charge in [0.15, 0.2) is 0 Å². The van der Waals surface area contributed by atoms with Crippen molar-refractivity contribution in [2.45, 2.75) is 39.2 Å². The van der Waals surface area contributed by atoms with E-state index in [1.165, 1.54) is 25.8 Å². The molecular formula is C12H26N2O. The van der Waals surface area contributed by atoms with Crippen molar-refractivity contribution < 1.29 is 5.11 Å². The Kier molecular flexibility index (Phi) is 6.22. The first-order valence-electron chi connectivity index (χ1n) is 6.33. The van der Waals surface area contributed by atoms with Gasteiger partial charge in [-0.25, -0.2) is 0 Å². The number of nitrogens with zero attached hydrogens (tertiary/aromatic N) is 1. The Morgan fingerprint density at radius 3 is 2.87 bits per heavy atom. The molecule has 0 saturated carbocycles. The van der Waals surface area contributed by atoms with Gasteiger partial charge in [-0.15, -0.1) is 0 Å². The summed E-state index contributed by atoms with van der Waals surface area (Å²) in [5.41, 5.74) is 0. The Morgan fingerprint density at radius 1 is 1.53 bits per heavy atom. The topological polar surface area (TPSA) is 35.5 Å². The minimum Gasteiger partial charge on any atom is -0.392 e. The molecule has 1 aliphatic heterocycles. The van der Waals surface area contributed by atoms with Crippen molar-refractivity contribution in [2.75, 3.05) is 32.7 Å². The van der Waals surface area contributed by atoms with E-state index in [1.807, 2.05) is 6.92 Å². The Hall–Kier alpha value is -0.120. The lowest BCUT2D eigenvalue weighted by molar-refractivity contribution is 0.111. The summed E-state index contributed by atoms with van der Waals surface area (Å²) in [6.45, 7) is 9.49. The highest BCUT2D eigenvalue weighted by Gasteiger charge is 2.17. The summed E-state index contributed by atoms with van der Waals surface area (Å²) in [4.78, 5) is 2.41. The predicted octanol–water partition coefficient (Wildman–Crippen LogP) is 1.08. The van der Waals surface area contributed by atoms with E-state index in [4.69, 9.17) is 0 Å². The van der Waals surface area contributed by atoms with Crippen LogP contribution >= 0.6 is 0 Å².